The lowest BCUT2D eigenvalue weighted by Crippen LogP contribution is -2.51. The zero-order valence-corrected chi connectivity index (χ0v) is 12.3. The molecule has 1 aromatic heterocycles. The molecule has 1 aromatic rings. The minimum atomic E-state index is 0.235. The molecule has 0 spiro atoms. The minimum absolute atomic E-state index is 0.235. The maximum atomic E-state index is 9.36. The Kier molecular flexibility index (Phi) is 5.55. The van der Waals surface area contributed by atoms with E-state index in [0.29, 0.717) is 12.5 Å². The van der Waals surface area contributed by atoms with Crippen molar-refractivity contribution in [1.82, 2.24) is 14.9 Å². The van der Waals surface area contributed by atoms with Crippen molar-refractivity contribution in [2.45, 2.75) is 26.3 Å². The van der Waals surface area contributed by atoms with Gasteiger partial charge in [-0.15, -0.1) is 0 Å². The van der Waals surface area contributed by atoms with E-state index >= 15 is 0 Å². The number of hydrogen-bond donors (Lipinski definition) is 1. The van der Waals surface area contributed by atoms with Crippen LogP contribution < -0.4 is 9.64 Å². The molecule has 1 fully saturated rings. The van der Waals surface area contributed by atoms with Gasteiger partial charge < -0.3 is 14.7 Å². The van der Waals surface area contributed by atoms with E-state index in [2.05, 4.69) is 26.7 Å². The van der Waals surface area contributed by atoms with Gasteiger partial charge >= 0.3 is 0 Å². The normalized spacial score (nSPS) is 18.1. The number of aromatic nitrogens is 2. The van der Waals surface area contributed by atoms with Crippen LogP contribution in [0, 0.1) is 0 Å². The molecule has 0 radical (unpaired) electrons. The maximum Gasteiger partial charge on any atom is 0.218 e. The van der Waals surface area contributed by atoms with Gasteiger partial charge in [0.05, 0.1) is 13.2 Å². The van der Waals surface area contributed by atoms with Crippen LogP contribution in [0.1, 0.15) is 20.3 Å². The molecule has 1 aliphatic rings. The Morgan fingerprint density at radius 1 is 1.25 bits per heavy atom. The molecule has 6 heteroatoms. The smallest absolute Gasteiger partial charge is 0.218 e. The van der Waals surface area contributed by atoms with Crippen molar-refractivity contribution in [3.05, 3.63) is 12.4 Å². The Morgan fingerprint density at radius 3 is 2.60 bits per heavy atom. The Morgan fingerprint density at radius 2 is 2.00 bits per heavy atom. The second-order valence-electron chi connectivity index (χ2n) is 4.92. The Bertz CT molecular complexity index is 404. The molecule has 112 valence electrons. The van der Waals surface area contributed by atoms with E-state index in [0.717, 1.165) is 38.4 Å². The average molecular weight is 280 g/mol. The topological polar surface area (TPSA) is 61.7 Å². The van der Waals surface area contributed by atoms with Crippen LogP contribution in [0.5, 0.6) is 5.88 Å². The van der Waals surface area contributed by atoms with Gasteiger partial charge in [-0.2, -0.15) is 0 Å². The Balaban J connectivity index is 1.94. The average Bonchev–Trinajstić information content (AvgIpc) is 2.50. The van der Waals surface area contributed by atoms with E-state index < -0.39 is 0 Å². The molecule has 1 atom stereocenters. The highest BCUT2D eigenvalue weighted by Crippen LogP contribution is 2.18. The third kappa shape index (κ3) is 3.58. The summed E-state index contributed by atoms with van der Waals surface area (Å²) in [6, 6.07) is 2.17. The van der Waals surface area contributed by atoms with Crippen LogP contribution in [0.25, 0.3) is 0 Å². The second-order valence-corrected chi connectivity index (χ2v) is 4.92. The summed E-state index contributed by atoms with van der Waals surface area (Å²) in [5.41, 5.74) is 0. The molecule has 0 saturated carbocycles. The van der Waals surface area contributed by atoms with Gasteiger partial charge in [-0.3, -0.25) is 4.90 Å². The maximum absolute atomic E-state index is 9.36. The highest BCUT2D eigenvalue weighted by molar-refractivity contribution is 5.41. The van der Waals surface area contributed by atoms with Gasteiger partial charge in [0.2, 0.25) is 5.88 Å². The van der Waals surface area contributed by atoms with E-state index in [1.54, 1.807) is 6.33 Å². The van der Waals surface area contributed by atoms with Gasteiger partial charge in [0.15, 0.2) is 0 Å². The van der Waals surface area contributed by atoms with E-state index in [-0.39, 0.29) is 12.6 Å². The van der Waals surface area contributed by atoms with E-state index in [9.17, 15) is 5.11 Å². The number of aliphatic hydroxyl groups excluding tert-OH is 1. The van der Waals surface area contributed by atoms with Crippen LogP contribution in [0.3, 0.4) is 0 Å². The van der Waals surface area contributed by atoms with Crippen LogP contribution in [0.4, 0.5) is 5.82 Å². The zero-order valence-electron chi connectivity index (χ0n) is 12.3. The first kappa shape index (κ1) is 15.0. The van der Waals surface area contributed by atoms with Crippen LogP contribution >= 0.6 is 0 Å². The largest absolute Gasteiger partial charge is 0.478 e. The summed E-state index contributed by atoms with van der Waals surface area (Å²) in [4.78, 5) is 13.0. The van der Waals surface area contributed by atoms with Crippen molar-refractivity contribution in [3.8, 4) is 5.88 Å². The fourth-order valence-corrected chi connectivity index (χ4v) is 2.55. The molecule has 1 saturated heterocycles. The molecule has 0 bridgehead atoms. The van der Waals surface area contributed by atoms with Gasteiger partial charge in [0, 0.05) is 38.3 Å². The van der Waals surface area contributed by atoms with Crippen LogP contribution in [0.2, 0.25) is 0 Å². The third-order valence-corrected chi connectivity index (χ3v) is 3.76. The Hall–Kier alpha value is -1.40. The number of ether oxygens (including phenoxy) is 1. The molecule has 0 aromatic carbocycles. The molecule has 6 nitrogen and oxygen atoms in total. The van der Waals surface area contributed by atoms with E-state index in [1.807, 2.05) is 13.0 Å². The molecule has 0 amide bonds. The zero-order chi connectivity index (χ0) is 14.4. The lowest BCUT2D eigenvalue weighted by Gasteiger charge is -2.38. The standard InChI is InChI=1S/C14H24N4O2/c1-3-12(10-19)17-5-7-18(8-6-17)13-9-14(20-4-2)16-11-15-13/h9,11-12,19H,3-8,10H2,1-2H3/t12-/m1/s1. The number of nitrogens with zero attached hydrogens (tertiary/aromatic N) is 4. The number of hydrogen-bond acceptors (Lipinski definition) is 6. The number of rotatable bonds is 6. The second kappa shape index (κ2) is 7.40. The monoisotopic (exact) mass is 280 g/mol. The first-order valence-electron chi connectivity index (χ1n) is 7.33. The quantitative estimate of drug-likeness (QED) is 0.830. The van der Waals surface area contributed by atoms with Crippen molar-refractivity contribution in [2.75, 3.05) is 44.3 Å². The number of aliphatic hydroxyl groups is 1. The SMILES string of the molecule is CCOc1cc(N2CCN([C@H](CC)CO)CC2)ncn1. The molecular formula is C14H24N4O2. The number of piperazine rings is 1. The van der Waals surface area contributed by atoms with Crippen molar-refractivity contribution in [3.63, 3.8) is 0 Å². The van der Waals surface area contributed by atoms with Gasteiger partial charge in [-0.05, 0) is 13.3 Å². The van der Waals surface area contributed by atoms with Crippen LogP contribution in [-0.2, 0) is 0 Å². The predicted molar refractivity (Wildman–Crippen MR) is 78.2 cm³/mol. The van der Waals surface area contributed by atoms with Gasteiger partial charge in [-0.25, -0.2) is 9.97 Å². The summed E-state index contributed by atoms with van der Waals surface area (Å²) in [7, 11) is 0. The van der Waals surface area contributed by atoms with Crippen LogP contribution in [0.15, 0.2) is 12.4 Å². The highest BCUT2D eigenvalue weighted by atomic mass is 16.5. The molecule has 2 heterocycles. The molecule has 0 aliphatic carbocycles. The third-order valence-electron chi connectivity index (χ3n) is 3.76. The van der Waals surface area contributed by atoms with Crippen LogP contribution in [-0.4, -0.2) is 65.4 Å². The minimum Gasteiger partial charge on any atom is -0.478 e. The van der Waals surface area contributed by atoms with Gasteiger partial charge in [-0.1, -0.05) is 6.92 Å². The first-order valence-corrected chi connectivity index (χ1v) is 7.33. The summed E-state index contributed by atoms with van der Waals surface area (Å²) >= 11 is 0. The fourth-order valence-electron chi connectivity index (χ4n) is 2.55. The van der Waals surface area contributed by atoms with Crippen molar-refractivity contribution in [1.29, 1.82) is 0 Å². The summed E-state index contributed by atoms with van der Waals surface area (Å²) in [5.74, 6) is 1.54. The highest BCUT2D eigenvalue weighted by Gasteiger charge is 2.23. The van der Waals surface area contributed by atoms with Crippen molar-refractivity contribution >= 4 is 5.82 Å². The first-order chi connectivity index (χ1) is 9.78. The molecule has 20 heavy (non-hydrogen) atoms. The van der Waals surface area contributed by atoms with Crippen molar-refractivity contribution in [2.24, 2.45) is 0 Å². The molecule has 0 unspecified atom stereocenters. The van der Waals surface area contributed by atoms with E-state index in [4.69, 9.17) is 4.74 Å². The fraction of sp³-hybridized carbons (Fsp3) is 0.714. The lowest BCUT2D eigenvalue weighted by molar-refractivity contribution is 0.114. The van der Waals surface area contributed by atoms with Gasteiger partial charge in [0.1, 0.15) is 12.1 Å². The summed E-state index contributed by atoms with van der Waals surface area (Å²) in [6.07, 6.45) is 2.54. The Labute approximate surface area is 120 Å². The molecule has 1 aliphatic heterocycles. The summed E-state index contributed by atoms with van der Waals surface area (Å²) in [6.45, 7) is 8.64. The summed E-state index contributed by atoms with van der Waals surface area (Å²) < 4.78 is 5.41. The molecule has 1 N–H and O–H groups in total. The molecule has 2 rings (SSSR count). The molecular weight excluding hydrogens is 256 g/mol. The lowest BCUT2D eigenvalue weighted by atomic mass is 10.1. The van der Waals surface area contributed by atoms with Crippen molar-refractivity contribution < 1.29 is 9.84 Å². The number of anilines is 1. The van der Waals surface area contributed by atoms with E-state index in [1.165, 1.54) is 0 Å². The van der Waals surface area contributed by atoms with Gasteiger partial charge in [0.25, 0.3) is 0 Å². The summed E-state index contributed by atoms with van der Waals surface area (Å²) in [5, 5.41) is 9.36. The predicted octanol–water partition coefficient (Wildman–Crippen LogP) is 0.768.